The predicted octanol–water partition coefficient (Wildman–Crippen LogP) is -1.31. The van der Waals surface area contributed by atoms with Crippen molar-refractivity contribution in [3.8, 4) is 0 Å². The molecule has 0 radical (unpaired) electrons. The van der Waals surface area contributed by atoms with Crippen molar-refractivity contribution in [2.45, 2.75) is 38.8 Å². The molecule has 0 aromatic heterocycles. The molecule has 1 unspecified atom stereocenters. The second kappa shape index (κ2) is 9.01. The summed E-state index contributed by atoms with van der Waals surface area (Å²) in [5.74, 6) is -1.63. The minimum atomic E-state index is -0.931. The summed E-state index contributed by atoms with van der Waals surface area (Å²) in [5.41, 5.74) is 5.16. The van der Waals surface area contributed by atoms with E-state index in [2.05, 4.69) is 5.32 Å². The molecule has 100 valence electrons. The number of rotatable bonds is 3. The highest BCUT2D eigenvalue weighted by Gasteiger charge is 2.20. The zero-order chi connectivity index (χ0) is 12.7. The van der Waals surface area contributed by atoms with Crippen LogP contribution in [0.2, 0.25) is 0 Å². The molecule has 0 aromatic rings. The number of nitrogens with two attached hydrogens (primary N) is 1. The van der Waals surface area contributed by atoms with E-state index in [0.717, 1.165) is 19.4 Å². The summed E-state index contributed by atoms with van der Waals surface area (Å²) in [6.07, 6.45) is 1.78. The van der Waals surface area contributed by atoms with Crippen LogP contribution in [0.15, 0.2) is 0 Å². The molecular weight excluding hydrogens is 223 g/mol. The molecular formula is C10H23BN2O4. The molecule has 2 atom stereocenters. The number of carbonyl (C=O) groups is 2. The normalized spacial score (nSPS) is 19.9. The summed E-state index contributed by atoms with van der Waals surface area (Å²) < 4.78 is 0. The van der Waals surface area contributed by atoms with Gasteiger partial charge in [-0.2, -0.15) is 0 Å². The SMILES string of the molecule is B.CC(C)C(N)C(=O)O.O=C(O)[C@@H]1CCCN1. The van der Waals surface area contributed by atoms with E-state index in [4.69, 9.17) is 15.9 Å². The van der Waals surface area contributed by atoms with Crippen molar-refractivity contribution in [2.75, 3.05) is 6.54 Å². The van der Waals surface area contributed by atoms with E-state index < -0.39 is 18.0 Å². The summed E-state index contributed by atoms with van der Waals surface area (Å²) in [6.45, 7) is 4.41. The van der Waals surface area contributed by atoms with E-state index in [1.807, 2.05) is 0 Å². The molecule has 1 rings (SSSR count). The number of hydrogen-bond acceptors (Lipinski definition) is 4. The van der Waals surface area contributed by atoms with Crippen LogP contribution in [0.5, 0.6) is 0 Å². The first-order valence-electron chi connectivity index (χ1n) is 5.30. The lowest BCUT2D eigenvalue weighted by atomic mass is 10.1. The van der Waals surface area contributed by atoms with Gasteiger partial charge in [0.05, 0.1) is 8.41 Å². The lowest BCUT2D eigenvalue weighted by Crippen LogP contribution is -2.34. The Labute approximate surface area is 103 Å². The van der Waals surface area contributed by atoms with Gasteiger partial charge in [0.25, 0.3) is 0 Å². The smallest absolute Gasteiger partial charge is 0.320 e. The van der Waals surface area contributed by atoms with E-state index in [0.29, 0.717) is 0 Å². The molecule has 5 N–H and O–H groups in total. The van der Waals surface area contributed by atoms with Gasteiger partial charge in [-0.3, -0.25) is 9.59 Å². The molecule has 0 aromatic carbocycles. The van der Waals surface area contributed by atoms with Crippen molar-refractivity contribution in [3.63, 3.8) is 0 Å². The maximum absolute atomic E-state index is 10.1. The summed E-state index contributed by atoms with van der Waals surface area (Å²) >= 11 is 0. The first kappa shape index (κ1) is 18.3. The molecule has 0 bridgehead atoms. The van der Waals surface area contributed by atoms with Gasteiger partial charge in [-0.25, -0.2) is 0 Å². The minimum Gasteiger partial charge on any atom is -0.480 e. The maximum atomic E-state index is 10.1. The van der Waals surface area contributed by atoms with Crippen LogP contribution in [-0.4, -0.2) is 49.2 Å². The van der Waals surface area contributed by atoms with Gasteiger partial charge in [-0.15, -0.1) is 0 Å². The molecule has 1 heterocycles. The second-order valence-electron chi connectivity index (χ2n) is 4.10. The van der Waals surface area contributed by atoms with Crippen molar-refractivity contribution in [3.05, 3.63) is 0 Å². The van der Waals surface area contributed by atoms with E-state index >= 15 is 0 Å². The first-order valence-corrected chi connectivity index (χ1v) is 5.30. The molecule has 17 heavy (non-hydrogen) atoms. The standard InChI is InChI=1S/C5H9NO2.C5H11NO2.BH3/c7-5(8)4-2-1-3-6-4;1-3(2)4(6)5(7)8;/h4,6H,1-3H2,(H,7,8);3-4H,6H2,1-2H3,(H,7,8);1H3/t4-;;/m0../s1. The largest absolute Gasteiger partial charge is 0.480 e. The molecule has 0 amide bonds. The van der Waals surface area contributed by atoms with E-state index in [-0.39, 0.29) is 20.4 Å². The highest BCUT2D eigenvalue weighted by Crippen LogP contribution is 2.03. The number of aliphatic carboxylic acids is 2. The zero-order valence-corrected chi connectivity index (χ0v) is 9.64. The molecule has 1 fully saturated rings. The highest BCUT2D eigenvalue weighted by atomic mass is 16.4. The van der Waals surface area contributed by atoms with Gasteiger partial charge in [-0.05, 0) is 25.3 Å². The van der Waals surface area contributed by atoms with Crippen LogP contribution in [-0.2, 0) is 9.59 Å². The van der Waals surface area contributed by atoms with Crippen LogP contribution < -0.4 is 11.1 Å². The van der Waals surface area contributed by atoms with Gasteiger partial charge >= 0.3 is 11.9 Å². The van der Waals surface area contributed by atoms with Crippen molar-refractivity contribution in [1.82, 2.24) is 5.32 Å². The Bertz CT molecular complexity index is 230. The van der Waals surface area contributed by atoms with Crippen LogP contribution in [0, 0.1) is 5.92 Å². The Morgan fingerprint density at radius 3 is 2.00 bits per heavy atom. The fourth-order valence-corrected chi connectivity index (χ4v) is 1.18. The molecule has 0 spiro atoms. The fourth-order valence-electron chi connectivity index (χ4n) is 1.18. The van der Waals surface area contributed by atoms with Gasteiger partial charge < -0.3 is 21.3 Å². The Morgan fingerprint density at radius 2 is 1.88 bits per heavy atom. The number of nitrogens with one attached hydrogen (secondary N) is 1. The predicted molar refractivity (Wildman–Crippen MR) is 69.0 cm³/mol. The van der Waals surface area contributed by atoms with Crippen molar-refractivity contribution < 1.29 is 19.8 Å². The Balaban J connectivity index is 0. The van der Waals surface area contributed by atoms with Crippen LogP contribution in [0.4, 0.5) is 0 Å². The number of carboxylic acid groups (broad SMARTS) is 2. The van der Waals surface area contributed by atoms with Gasteiger partial charge in [0.2, 0.25) is 0 Å². The Hall–Kier alpha value is -1.08. The summed E-state index contributed by atoms with van der Waals surface area (Å²) in [4.78, 5) is 20.2. The lowest BCUT2D eigenvalue weighted by Gasteiger charge is -2.07. The molecule has 0 aliphatic carbocycles. The molecule has 1 saturated heterocycles. The Morgan fingerprint density at radius 1 is 1.35 bits per heavy atom. The third-order valence-electron chi connectivity index (χ3n) is 2.36. The van der Waals surface area contributed by atoms with E-state index in [1.54, 1.807) is 13.8 Å². The van der Waals surface area contributed by atoms with Gasteiger partial charge in [0.15, 0.2) is 0 Å². The van der Waals surface area contributed by atoms with Crippen LogP contribution >= 0.6 is 0 Å². The van der Waals surface area contributed by atoms with Crippen LogP contribution in [0.1, 0.15) is 26.7 Å². The summed E-state index contributed by atoms with van der Waals surface area (Å²) in [7, 11) is 0. The average Bonchev–Trinajstić information content (AvgIpc) is 2.70. The maximum Gasteiger partial charge on any atom is 0.320 e. The highest BCUT2D eigenvalue weighted by molar-refractivity contribution is 5.75. The van der Waals surface area contributed by atoms with E-state index in [9.17, 15) is 9.59 Å². The number of carboxylic acids is 2. The molecule has 6 nitrogen and oxygen atoms in total. The third kappa shape index (κ3) is 7.76. The minimum absolute atomic E-state index is 0. The summed E-state index contributed by atoms with van der Waals surface area (Å²) in [6, 6.07) is -0.981. The fraction of sp³-hybridized carbons (Fsp3) is 0.800. The molecule has 1 aliphatic rings. The average molecular weight is 246 g/mol. The van der Waals surface area contributed by atoms with Gasteiger partial charge in [0.1, 0.15) is 12.1 Å². The molecule has 0 saturated carbocycles. The monoisotopic (exact) mass is 246 g/mol. The van der Waals surface area contributed by atoms with Crippen molar-refractivity contribution in [2.24, 2.45) is 11.7 Å². The van der Waals surface area contributed by atoms with Crippen LogP contribution in [0.25, 0.3) is 0 Å². The topological polar surface area (TPSA) is 113 Å². The lowest BCUT2D eigenvalue weighted by molar-refractivity contribution is -0.140. The van der Waals surface area contributed by atoms with Gasteiger partial charge in [-0.1, -0.05) is 13.8 Å². The Kier molecular flexibility index (Phi) is 9.69. The zero-order valence-electron chi connectivity index (χ0n) is 9.64. The second-order valence-corrected chi connectivity index (χ2v) is 4.10. The summed E-state index contributed by atoms with van der Waals surface area (Å²) in [5, 5.41) is 19.4. The van der Waals surface area contributed by atoms with Gasteiger partial charge in [0, 0.05) is 0 Å². The third-order valence-corrected chi connectivity index (χ3v) is 2.36. The number of hydrogen-bond donors (Lipinski definition) is 4. The van der Waals surface area contributed by atoms with E-state index in [1.165, 1.54) is 0 Å². The molecule has 1 aliphatic heterocycles. The quantitative estimate of drug-likeness (QED) is 0.460. The van der Waals surface area contributed by atoms with Crippen LogP contribution in [0.3, 0.4) is 0 Å². The first-order chi connectivity index (χ1) is 7.36. The molecule has 7 heteroatoms. The van der Waals surface area contributed by atoms with Crippen molar-refractivity contribution in [1.29, 1.82) is 0 Å². The van der Waals surface area contributed by atoms with Crippen molar-refractivity contribution >= 4 is 20.4 Å².